The lowest BCUT2D eigenvalue weighted by atomic mass is 9.98. The van der Waals surface area contributed by atoms with Crippen LogP contribution in [-0.2, 0) is 9.59 Å². The van der Waals surface area contributed by atoms with E-state index in [9.17, 15) is 27.2 Å². The van der Waals surface area contributed by atoms with Crippen molar-refractivity contribution in [2.75, 3.05) is 16.8 Å². The Morgan fingerprint density at radius 1 is 1.18 bits per heavy atom. The fourth-order valence-corrected chi connectivity index (χ4v) is 3.76. The lowest BCUT2D eigenvalue weighted by Crippen LogP contribution is -2.40. The molecule has 170 valence electrons. The maximum Gasteiger partial charge on any atom is 0.263 e. The first kappa shape index (κ1) is 22.4. The van der Waals surface area contributed by atoms with Crippen LogP contribution < -0.4 is 10.2 Å². The summed E-state index contributed by atoms with van der Waals surface area (Å²) in [6.07, 6.45) is -1.71. The van der Waals surface area contributed by atoms with E-state index >= 15 is 0 Å². The molecule has 1 aliphatic heterocycles. The number of halogens is 4. The second kappa shape index (κ2) is 8.61. The van der Waals surface area contributed by atoms with Crippen molar-refractivity contribution in [2.24, 2.45) is 0 Å². The quantitative estimate of drug-likeness (QED) is 0.452. The highest BCUT2D eigenvalue weighted by atomic mass is 19.3. The molecule has 1 aromatic carbocycles. The molecule has 3 heterocycles. The van der Waals surface area contributed by atoms with Crippen LogP contribution in [0.4, 0.5) is 28.9 Å². The Labute approximate surface area is 186 Å². The van der Waals surface area contributed by atoms with E-state index < -0.39 is 42.5 Å². The zero-order valence-electron chi connectivity index (χ0n) is 17.6. The van der Waals surface area contributed by atoms with Crippen molar-refractivity contribution in [3.05, 3.63) is 71.3 Å². The number of pyridine rings is 2. The number of aromatic nitrogens is 2. The average molecular weight is 458 g/mol. The average Bonchev–Trinajstić information content (AvgIpc) is 2.83. The molecule has 2 aromatic heterocycles. The standard InChI is InChI=1S/C23H18F4N4O2/c1-11-7-17-19(22(27)29-11)16-8-14(24)9-28-20(16)12(2)23(33)31(17)10-18(32)30-15-5-3-13(4-6-15)21(25)26/h3-9,12,21H,10H2,1-2H3,(H,30,32)/t12-/m0/s1. The zero-order valence-corrected chi connectivity index (χ0v) is 17.6. The molecule has 0 radical (unpaired) electrons. The number of benzene rings is 1. The van der Waals surface area contributed by atoms with E-state index in [1.807, 2.05) is 0 Å². The molecule has 0 saturated heterocycles. The molecule has 2 amide bonds. The topological polar surface area (TPSA) is 75.2 Å². The minimum atomic E-state index is -2.64. The van der Waals surface area contributed by atoms with Gasteiger partial charge in [0.15, 0.2) is 0 Å². The molecule has 3 aromatic rings. The number of anilines is 2. The molecule has 0 spiro atoms. The summed E-state index contributed by atoms with van der Waals surface area (Å²) in [5.74, 6) is -3.70. The molecule has 33 heavy (non-hydrogen) atoms. The van der Waals surface area contributed by atoms with Gasteiger partial charge in [-0.05, 0) is 38.1 Å². The highest BCUT2D eigenvalue weighted by molar-refractivity contribution is 6.09. The zero-order chi connectivity index (χ0) is 23.9. The number of aryl methyl sites for hydroxylation is 1. The Morgan fingerprint density at radius 2 is 1.88 bits per heavy atom. The number of nitrogens with zero attached hydrogens (tertiary/aromatic N) is 3. The van der Waals surface area contributed by atoms with Crippen molar-refractivity contribution >= 4 is 23.2 Å². The van der Waals surface area contributed by atoms with Gasteiger partial charge in [0.1, 0.15) is 12.4 Å². The van der Waals surface area contributed by atoms with Gasteiger partial charge in [-0.25, -0.2) is 18.2 Å². The molecule has 10 heteroatoms. The second-order valence-corrected chi connectivity index (χ2v) is 7.65. The Morgan fingerprint density at radius 3 is 2.55 bits per heavy atom. The van der Waals surface area contributed by atoms with Crippen molar-refractivity contribution < 1.29 is 27.2 Å². The van der Waals surface area contributed by atoms with Gasteiger partial charge in [-0.3, -0.25) is 14.6 Å². The molecule has 6 nitrogen and oxygen atoms in total. The molecular formula is C23H18F4N4O2. The highest BCUT2D eigenvalue weighted by Gasteiger charge is 2.36. The van der Waals surface area contributed by atoms with Crippen molar-refractivity contribution in [1.29, 1.82) is 0 Å². The molecule has 1 N–H and O–H groups in total. The van der Waals surface area contributed by atoms with Gasteiger partial charge in [-0.15, -0.1) is 0 Å². The van der Waals surface area contributed by atoms with Crippen LogP contribution in [-0.4, -0.2) is 28.3 Å². The minimum Gasteiger partial charge on any atom is -0.325 e. The highest BCUT2D eigenvalue weighted by Crippen LogP contribution is 2.41. The predicted molar refractivity (Wildman–Crippen MR) is 113 cm³/mol. The fraction of sp³-hybridized carbons (Fsp3) is 0.217. The molecular weight excluding hydrogens is 440 g/mol. The molecule has 1 aliphatic rings. The summed E-state index contributed by atoms with van der Waals surface area (Å²) in [6, 6.07) is 7.51. The largest absolute Gasteiger partial charge is 0.325 e. The maximum absolute atomic E-state index is 15.0. The molecule has 1 atom stereocenters. The maximum atomic E-state index is 15.0. The normalized spacial score (nSPS) is 15.2. The van der Waals surface area contributed by atoms with E-state index in [2.05, 4.69) is 15.3 Å². The monoisotopic (exact) mass is 458 g/mol. The van der Waals surface area contributed by atoms with Gasteiger partial charge in [0.25, 0.3) is 6.43 Å². The Balaban J connectivity index is 1.72. The van der Waals surface area contributed by atoms with Crippen LogP contribution in [0.5, 0.6) is 0 Å². The summed E-state index contributed by atoms with van der Waals surface area (Å²) < 4.78 is 54.4. The van der Waals surface area contributed by atoms with Gasteiger partial charge < -0.3 is 10.2 Å². The van der Waals surface area contributed by atoms with Crippen molar-refractivity contribution in [1.82, 2.24) is 9.97 Å². The van der Waals surface area contributed by atoms with Crippen LogP contribution in [0, 0.1) is 18.7 Å². The third-order valence-corrected chi connectivity index (χ3v) is 5.32. The first-order valence-corrected chi connectivity index (χ1v) is 9.98. The third-order valence-electron chi connectivity index (χ3n) is 5.32. The van der Waals surface area contributed by atoms with Crippen molar-refractivity contribution in [3.63, 3.8) is 0 Å². The number of carbonyl (C=O) groups excluding carboxylic acids is 2. The summed E-state index contributed by atoms with van der Waals surface area (Å²) in [6.45, 7) is 2.56. The van der Waals surface area contributed by atoms with Gasteiger partial charge >= 0.3 is 0 Å². The van der Waals surface area contributed by atoms with Crippen molar-refractivity contribution in [3.8, 4) is 11.1 Å². The number of hydrogen-bond donors (Lipinski definition) is 1. The minimum absolute atomic E-state index is 0.0613. The number of hydrogen-bond acceptors (Lipinski definition) is 4. The summed E-state index contributed by atoms with van der Waals surface area (Å²) in [4.78, 5) is 34.9. The van der Waals surface area contributed by atoms with Gasteiger partial charge in [0.05, 0.1) is 29.1 Å². The molecule has 0 bridgehead atoms. The molecule has 0 unspecified atom stereocenters. The summed E-state index contributed by atoms with van der Waals surface area (Å²) in [7, 11) is 0. The summed E-state index contributed by atoms with van der Waals surface area (Å²) in [5.41, 5.74) is 0.491. The third kappa shape index (κ3) is 4.28. The van der Waals surface area contributed by atoms with E-state index in [0.29, 0.717) is 0 Å². The lowest BCUT2D eigenvalue weighted by Gasteiger charge is -2.24. The lowest BCUT2D eigenvalue weighted by molar-refractivity contribution is -0.122. The van der Waals surface area contributed by atoms with Crippen LogP contribution in [0.15, 0.2) is 42.6 Å². The number of carbonyl (C=O) groups is 2. The first-order valence-electron chi connectivity index (χ1n) is 9.98. The molecule has 4 rings (SSSR count). The van der Waals surface area contributed by atoms with E-state index in [0.717, 1.165) is 17.2 Å². The number of alkyl halides is 2. The number of fused-ring (bicyclic) bond motifs is 3. The summed E-state index contributed by atoms with van der Waals surface area (Å²) in [5, 5.41) is 2.54. The van der Waals surface area contributed by atoms with E-state index in [-0.39, 0.29) is 39.5 Å². The van der Waals surface area contributed by atoms with E-state index in [1.54, 1.807) is 0 Å². The first-order chi connectivity index (χ1) is 15.7. The van der Waals surface area contributed by atoms with E-state index in [4.69, 9.17) is 0 Å². The molecule has 0 aliphatic carbocycles. The van der Waals surface area contributed by atoms with Gasteiger partial charge in [0, 0.05) is 22.5 Å². The van der Waals surface area contributed by atoms with E-state index in [1.165, 1.54) is 44.2 Å². The fourth-order valence-electron chi connectivity index (χ4n) is 3.76. The second-order valence-electron chi connectivity index (χ2n) is 7.65. The van der Waals surface area contributed by atoms with Gasteiger partial charge in [0.2, 0.25) is 17.8 Å². The predicted octanol–water partition coefficient (Wildman–Crippen LogP) is 4.76. The SMILES string of the molecule is Cc1cc2c(c(F)n1)-c1cc(F)cnc1[C@H](C)C(=O)N2CC(=O)Nc1ccc(C(F)F)cc1. The van der Waals surface area contributed by atoms with Crippen LogP contribution in [0.1, 0.15) is 36.2 Å². The summed E-state index contributed by atoms with van der Waals surface area (Å²) >= 11 is 0. The van der Waals surface area contributed by atoms with Crippen LogP contribution >= 0.6 is 0 Å². The molecule has 0 fully saturated rings. The van der Waals surface area contributed by atoms with Crippen LogP contribution in [0.3, 0.4) is 0 Å². The van der Waals surface area contributed by atoms with Crippen molar-refractivity contribution in [2.45, 2.75) is 26.2 Å². The van der Waals surface area contributed by atoms with Gasteiger partial charge in [-0.2, -0.15) is 4.39 Å². The Hall–Kier alpha value is -3.82. The number of amides is 2. The number of rotatable bonds is 4. The van der Waals surface area contributed by atoms with Crippen LogP contribution in [0.2, 0.25) is 0 Å². The van der Waals surface area contributed by atoms with Crippen LogP contribution in [0.25, 0.3) is 11.1 Å². The Bertz CT molecular complexity index is 1250. The van der Waals surface area contributed by atoms with Gasteiger partial charge in [-0.1, -0.05) is 12.1 Å². The smallest absolute Gasteiger partial charge is 0.263 e. The molecule has 0 saturated carbocycles. The Kier molecular flexibility index (Phi) is 5.84. The number of nitrogens with one attached hydrogen (secondary N) is 1.